The maximum absolute atomic E-state index is 10.6. The number of imidazole rings is 1. The Morgan fingerprint density at radius 2 is 1.63 bits per heavy atom. The highest BCUT2D eigenvalue weighted by molar-refractivity contribution is 7.99. The summed E-state index contributed by atoms with van der Waals surface area (Å²) in [5.74, 6) is -1.09. The van der Waals surface area contributed by atoms with Crippen LogP contribution < -0.4 is 0 Å². The number of halogens is 4. The smallest absolute Gasteiger partial charge is 0.475 e. The van der Waals surface area contributed by atoms with Crippen LogP contribution in [0.1, 0.15) is 0 Å². The van der Waals surface area contributed by atoms with Crippen LogP contribution in [0.4, 0.5) is 13.2 Å². The Hall–Kier alpha value is -4.02. The molecule has 0 aliphatic carbocycles. The van der Waals surface area contributed by atoms with Crippen molar-refractivity contribution in [1.82, 2.24) is 14.5 Å². The minimum atomic E-state index is -5.08. The van der Waals surface area contributed by atoms with Crippen LogP contribution in [-0.2, 0) is 11.8 Å². The number of pyridine rings is 1. The first-order valence-corrected chi connectivity index (χ1v) is 12.2. The molecule has 0 spiro atoms. The molecule has 0 atom stereocenters. The molecular weight excluding hydrogens is 539 g/mol. The number of furan rings is 1. The molecule has 2 aromatic carbocycles. The number of carboxylic acid groups (broad SMARTS) is 1. The van der Waals surface area contributed by atoms with Crippen LogP contribution in [0.2, 0.25) is 5.02 Å². The Bertz CT molecular complexity index is 1500. The molecule has 0 amide bonds. The van der Waals surface area contributed by atoms with Gasteiger partial charge in [-0.25, -0.2) is 9.78 Å². The van der Waals surface area contributed by atoms with E-state index in [1.165, 1.54) is 0 Å². The van der Waals surface area contributed by atoms with Crippen molar-refractivity contribution in [3.63, 3.8) is 0 Å². The van der Waals surface area contributed by atoms with Gasteiger partial charge in [0.2, 0.25) is 0 Å². The number of carbonyl (C=O) groups is 1. The highest BCUT2D eigenvalue weighted by Gasteiger charge is 2.38. The van der Waals surface area contributed by atoms with Crippen LogP contribution in [0.3, 0.4) is 0 Å². The van der Waals surface area contributed by atoms with Crippen molar-refractivity contribution in [2.45, 2.75) is 16.1 Å². The summed E-state index contributed by atoms with van der Waals surface area (Å²) in [5.41, 5.74) is 3.81. The number of carboxylic acids is 1. The summed E-state index contributed by atoms with van der Waals surface area (Å²) in [6.07, 6.45) is -1.62. The van der Waals surface area contributed by atoms with Crippen LogP contribution in [0.25, 0.3) is 34.1 Å². The Kier molecular flexibility index (Phi) is 8.23. The van der Waals surface area contributed by atoms with E-state index < -0.39 is 12.1 Å². The number of alkyl halides is 3. The quantitative estimate of drug-likeness (QED) is 0.237. The standard InChI is InChI=1S/C25H18ClN3OS.C2HF3O2/c1-29-24(21-5-2-3-15-27-21)28-23(25(29)31-20-13-11-19(26)12-14-20)18-9-7-17(8-10-18)22-6-4-16-30-22;3-2(4,5)1(6)7/h2-16H,1H3;(H,6,7). The van der Waals surface area contributed by atoms with Crippen LogP contribution in [-0.4, -0.2) is 31.8 Å². The molecule has 0 bridgehead atoms. The average Bonchev–Trinajstić information content (AvgIpc) is 3.55. The average molecular weight is 558 g/mol. The Labute approximate surface area is 224 Å². The Morgan fingerprint density at radius 3 is 2.18 bits per heavy atom. The fraction of sp³-hybridized carbons (Fsp3) is 0.0741. The second-order valence-corrected chi connectivity index (χ2v) is 9.28. The van der Waals surface area contributed by atoms with Gasteiger partial charge in [-0.2, -0.15) is 13.2 Å². The number of nitrogens with zero attached hydrogens (tertiary/aromatic N) is 3. The molecule has 0 fully saturated rings. The fourth-order valence-electron chi connectivity index (χ4n) is 3.36. The summed E-state index contributed by atoms with van der Waals surface area (Å²) in [7, 11) is 2.02. The van der Waals surface area contributed by atoms with Gasteiger partial charge in [0, 0.05) is 34.3 Å². The van der Waals surface area contributed by atoms with Crippen molar-refractivity contribution in [2.24, 2.45) is 7.05 Å². The molecule has 3 aromatic heterocycles. The van der Waals surface area contributed by atoms with Gasteiger partial charge in [-0.15, -0.1) is 0 Å². The van der Waals surface area contributed by atoms with Gasteiger partial charge in [0.15, 0.2) is 5.82 Å². The lowest BCUT2D eigenvalue weighted by Crippen LogP contribution is -2.21. The van der Waals surface area contributed by atoms with Crippen molar-refractivity contribution in [3.05, 3.63) is 96.3 Å². The van der Waals surface area contributed by atoms with Gasteiger partial charge in [0.25, 0.3) is 0 Å². The predicted octanol–water partition coefficient (Wildman–Crippen LogP) is 7.85. The molecule has 38 heavy (non-hydrogen) atoms. The minimum Gasteiger partial charge on any atom is -0.475 e. The first-order valence-electron chi connectivity index (χ1n) is 11.0. The molecule has 0 saturated heterocycles. The molecule has 5 rings (SSSR count). The minimum absolute atomic E-state index is 0.720. The molecule has 1 N–H and O–H groups in total. The number of hydrogen-bond donors (Lipinski definition) is 1. The summed E-state index contributed by atoms with van der Waals surface area (Å²) in [4.78, 5) is 19.5. The first kappa shape index (κ1) is 27.0. The maximum Gasteiger partial charge on any atom is 0.490 e. The molecule has 194 valence electrons. The monoisotopic (exact) mass is 557 g/mol. The lowest BCUT2D eigenvalue weighted by Gasteiger charge is -2.08. The predicted molar refractivity (Wildman–Crippen MR) is 139 cm³/mol. The summed E-state index contributed by atoms with van der Waals surface area (Å²) in [5, 5.41) is 8.88. The van der Waals surface area contributed by atoms with E-state index in [1.54, 1.807) is 24.2 Å². The highest BCUT2D eigenvalue weighted by atomic mass is 35.5. The van der Waals surface area contributed by atoms with Crippen LogP contribution in [0, 0.1) is 0 Å². The van der Waals surface area contributed by atoms with E-state index in [0.717, 1.165) is 49.0 Å². The van der Waals surface area contributed by atoms with Crippen LogP contribution in [0.15, 0.2) is 106 Å². The molecule has 3 heterocycles. The molecule has 0 saturated carbocycles. The van der Waals surface area contributed by atoms with Gasteiger partial charge in [-0.1, -0.05) is 53.7 Å². The highest BCUT2D eigenvalue weighted by Crippen LogP contribution is 2.39. The van der Waals surface area contributed by atoms with E-state index in [4.69, 9.17) is 30.9 Å². The summed E-state index contributed by atoms with van der Waals surface area (Å²) in [6.45, 7) is 0. The van der Waals surface area contributed by atoms with Crippen molar-refractivity contribution in [1.29, 1.82) is 0 Å². The zero-order valence-corrected chi connectivity index (χ0v) is 21.3. The molecule has 0 aliphatic rings. The molecule has 5 aromatic rings. The molecule has 6 nitrogen and oxygen atoms in total. The lowest BCUT2D eigenvalue weighted by atomic mass is 10.1. The number of aromatic nitrogens is 3. The van der Waals surface area contributed by atoms with Crippen molar-refractivity contribution >= 4 is 29.3 Å². The van der Waals surface area contributed by atoms with Gasteiger partial charge in [0.1, 0.15) is 22.2 Å². The normalized spacial score (nSPS) is 11.1. The molecule has 0 aliphatic heterocycles. The van der Waals surface area contributed by atoms with E-state index in [2.05, 4.69) is 33.8 Å². The lowest BCUT2D eigenvalue weighted by molar-refractivity contribution is -0.192. The largest absolute Gasteiger partial charge is 0.490 e. The summed E-state index contributed by atoms with van der Waals surface area (Å²) in [6, 6.07) is 25.8. The Morgan fingerprint density at radius 1 is 0.974 bits per heavy atom. The Balaban J connectivity index is 0.000000426. The summed E-state index contributed by atoms with van der Waals surface area (Å²) < 4.78 is 39.3. The first-order chi connectivity index (χ1) is 18.1. The van der Waals surface area contributed by atoms with Gasteiger partial charge in [-0.3, -0.25) is 4.98 Å². The third-order valence-electron chi connectivity index (χ3n) is 5.17. The molecule has 0 unspecified atom stereocenters. The summed E-state index contributed by atoms with van der Waals surface area (Å²) >= 11 is 7.73. The van der Waals surface area contributed by atoms with Gasteiger partial charge in [-0.05, 0) is 48.5 Å². The van der Waals surface area contributed by atoms with Gasteiger partial charge in [0.05, 0.1) is 6.26 Å². The van der Waals surface area contributed by atoms with Crippen molar-refractivity contribution in [2.75, 3.05) is 0 Å². The third kappa shape index (κ3) is 6.45. The topological polar surface area (TPSA) is 81.2 Å². The maximum atomic E-state index is 10.6. The number of rotatable bonds is 5. The fourth-order valence-corrected chi connectivity index (χ4v) is 4.47. The van der Waals surface area contributed by atoms with E-state index in [1.807, 2.05) is 61.6 Å². The zero-order valence-electron chi connectivity index (χ0n) is 19.7. The van der Waals surface area contributed by atoms with Crippen molar-refractivity contribution in [3.8, 4) is 34.1 Å². The second kappa shape index (κ2) is 11.6. The number of hydrogen-bond acceptors (Lipinski definition) is 5. The second-order valence-electron chi connectivity index (χ2n) is 7.78. The number of aliphatic carboxylic acids is 1. The van der Waals surface area contributed by atoms with E-state index in [9.17, 15) is 13.2 Å². The van der Waals surface area contributed by atoms with E-state index in [-0.39, 0.29) is 0 Å². The van der Waals surface area contributed by atoms with E-state index in [0.29, 0.717) is 0 Å². The third-order valence-corrected chi connectivity index (χ3v) is 6.59. The number of benzene rings is 2. The van der Waals surface area contributed by atoms with Crippen molar-refractivity contribution < 1.29 is 27.5 Å². The van der Waals surface area contributed by atoms with Gasteiger partial charge < -0.3 is 14.1 Å². The SMILES string of the molecule is Cn1c(-c2ccccn2)nc(-c2ccc(-c3ccco3)cc2)c1Sc1ccc(Cl)cc1.O=C(O)C(F)(F)F. The van der Waals surface area contributed by atoms with E-state index >= 15 is 0 Å². The zero-order chi connectivity index (χ0) is 27.3. The molecule has 11 heteroatoms. The van der Waals surface area contributed by atoms with Crippen LogP contribution in [0.5, 0.6) is 0 Å². The van der Waals surface area contributed by atoms with Crippen LogP contribution >= 0.6 is 23.4 Å². The molecular formula is C27H19ClF3N3O3S. The van der Waals surface area contributed by atoms with Gasteiger partial charge >= 0.3 is 12.1 Å². The molecule has 0 radical (unpaired) electrons.